The second kappa shape index (κ2) is 13.8. The zero-order valence-electron chi connectivity index (χ0n) is 31.1. The molecule has 0 aliphatic rings. The molecule has 0 unspecified atom stereocenters. The van der Waals surface area contributed by atoms with Gasteiger partial charge in [-0.15, -0.1) is 0 Å². The third-order valence-corrected chi connectivity index (χ3v) is 10.4. The van der Waals surface area contributed by atoms with Crippen LogP contribution in [0.4, 0.5) is 0 Å². The summed E-state index contributed by atoms with van der Waals surface area (Å²) in [6.45, 7) is 4.15. The monoisotopic (exact) mass is 723 g/mol. The third-order valence-electron chi connectivity index (χ3n) is 10.4. The van der Waals surface area contributed by atoms with E-state index in [4.69, 9.17) is 19.9 Å². The first-order valence-electron chi connectivity index (χ1n) is 19.0. The number of aromatic nitrogens is 7. The second-order valence-electron chi connectivity index (χ2n) is 13.8. The number of allylic oxidation sites excluding steroid dienone is 4. The minimum absolute atomic E-state index is 0.621. The van der Waals surface area contributed by atoms with Gasteiger partial charge in [-0.3, -0.25) is 13.5 Å². The number of para-hydroxylation sites is 3. The summed E-state index contributed by atoms with van der Waals surface area (Å²) in [5, 5.41) is 1.12. The summed E-state index contributed by atoms with van der Waals surface area (Å²) in [5.41, 5.74) is 12.2. The third kappa shape index (κ3) is 5.43. The summed E-state index contributed by atoms with van der Waals surface area (Å²) >= 11 is 0. The lowest BCUT2D eigenvalue weighted by Crippen LogP contribution is -2.03. The molecule has 56 heavy (non-hydrogen) atoms. The molecule has 0 atom stereocenters. The van der Waals surface area contributed by atoms with Crippen LogP contribution in [0.2, 0.25) is 0 Å². The van der Waals surface area contributed by atoms with Gasteiger partial charge in [0.2, 0.25) is 5.78 Å². The number of nitrogens with zero attached hydrogens (tertiary/aromatic N) is 7. The Kier molecular flexibility index (Phi) is 8.18. The highest BCUT2D eigenvalue weighted by Crippen LogP contribution is 2.39. The van der Waals surface area contributed by atoms with Crippen molar-refractivity contribution in [2.45, 2.75) is 20.3 Å². The number of hydrogen-bond donors (Lipinski definition) is 0. The Labute approximate surface area is 324 Å². The fourth-order valence-electron chi connectivity index (χ4n) is 7.80. The SMILES string of the molecule is C/C=C(\C=C/CC)c1nc(-c2ccccc2)nc(-c2ccccc2-c2ccc3c(c2)n(-c2ccccc2)c2nc4c5ccccc5n(-c5ccccc5)c4n32)n1. The van der Waals surface area contributed by atoms with E-state index in [1.54, 1.807) is 0 Å². The van der Waals surface area contributed by atoms with Crippen molar-refractivity contribution in [1.29, 1.82) is 0 Å². The highest BCUT2D eigenvalue weighted by atomic mass is 15.3. The minimum atomic E-state index is 0.621. The van der Waals surface area contributed by atoms with Gasteiger partial charge in [-0.05, 0) is 66.9 Å². The fraction of sp³-hybridized carbons (Fsp3) is 0.0612. The van der Waals surface area contributed by atoms with Crippen LogP contribution in [0.25, 0.3) is 89.7 Å². The molecule has 7 nitrogen and oxygen atoms in total. The van der Waals surface area contributed by atoms with Crippen LogP contribution in [0.1, 0.15) is 26.1 Å². The molecular weight excluding hydrogens is 687 g/mol. The van der Waals surface area contributed by atoms with E-state index >= 15 is 0 Å². The quantitative estimate of drug-likeness (QED) is 0.146. The van der Waals surface area contributed by atoms with Crippen molar-refractivity contribution >= 4 is 44.5 Å². The molecule has 0 aliphatic carbocycles. The van der Waals surface area contributed by atoms with Crippen LogP contribution >= 0.6 is 0 Å². The summed E-state index contributed by atoms with van der Waals surface area (Å²) in [6, 6.07) is 54.8. The molecule has 0 spiro atoms. The average Bonchev–Trinajstić information content (AvgIpc) is 3.90. The number of benzene rings is 6. The van der Waals surface area contributed by atoms with Crippen LogP contribution < -0.4 is 0 Å². The highest BCUT2D eigenvalue weighted by Gasteiger charge is 2.24. The van der Waals surface area contributed by atoms with Crippen molar-refractivity contribution in [3.8, 4) is 45.3 Å². The zero-order valence-corrected chi connectivity index (χ0v) is 31.1. The van der Waals surface area contributed by atoms with E-state index in [0.717, 1.165) is 84.5 Å². The summed E-state index contributed by atoms with van der Waals surface area (Å²) in [7, 11) is 0. The predicted molar refractivity (Wildman–Crippen MR) is 229 cm³/mol. The molecule has 6 aromatic carbocycles. The van der Waals surface area contributed by atoms with Gasteiger partial charge in [-0.2, -0.15) is 0 Å². The molecule has 0 radical (unpaired) electrons. The molecule has 0 bridgehead atoms. The standard InChI is InChI=1S/C49H37N7/c1-3-5-19-33(4-2)45-51-46(34-20-9-6-10-21-34)53-47(52-45)39-27-16-15-26-38(39)35-30-31-42-43(32-35)55(37-24-13-8-14-25-37)49-50-44-40-28-17-18-29-41(40)54(48(44)56(42)49)36-22-11-7-12-23-36/h4-32H,3H2,1-2H3/b19-5-,33-4+. The van der Waals surface area contributed by atoms with E-state index < -0.39 is 0 Å². The van der Waals surface area contributed by atoms with Crippen LogP contribution in [0.5, 0.6) is 0 Å². The van der Waals surface area contributed by atoms with E-state index in [0.29, 0.717) is 17.5 Å². The molecule has 0 saturated heterocycles. The molecule has 0 saturated carbocycles. The lowest BCUT2D eigenvalue weighted by molar-refractivity contribution is 1.04. The minimum Gasteiger partial charge on any atom is -0.294 e. The van der Waals surface area contributed by atoms with Gasteiger partial charge in [0.1, 0.15) is 5.52 Å². The Morgan fingerprint density at radius 1 is 0.554 bits per heavy atom. The molecule has 7 heteroatoms. The molecule has 4 heterocycles. The predicted octanol–water partition coefficient (Wildman–Crippen LogP) is 11.9. The van der Waals surface area contributed by atoms with Crippen molar-refractivity contribution < 1.29 is 0 Å². The molecule has 0 amide bonds. The molecule has 0 fully saturated rings. The maximum absolute atomic E-state index is 5.43. The molecule has 10 aromatic rings. The molecule has 10 rings (SSSR count). The lowest BCUT2D eigenvalue weighted by Gasteiger charge is -2.13. The van der Waals surface area contributed by atoms with Crippen LogP contribution in [0, 0.1) is 0 Å². The smallest absolute Gasteiger partial charge is 0.221 e. The summed E-state index contributed by atoms with van der Waals surface area (Å²) < 4.78 is 6.92. The Balaban J connectivity index is 1.23. The molecule has 0 N–H and O–H groups in total. The number of rotatable bonds is 8. The van der Waals surface area contributed by atoms with Gasteiger partial charge < -0.3 is 0 Å². The van der Waals surface area contributed by atoms with Crippen molar-refractivity contribution in [3.63, 3.8) is 0 Å². The van der Waals surface area contributed by atoms with Gasteiger partial charge in [0.15, 0.2) is 23.1 Å². The first kappa shape index (κ1) is 33.2. The Morgan fingerprint density at radius 3 is 1.93 bits per heavy atom. The number of hydrogen-bond acceptors (Lipinski definition) is 4. The van der Waals surface area contributed by atoms with Crippen molar-refractivity contribution in [1.82, 2.24) is 33.5 Å². The van der Waals surface area contributed by atoms with Gasteiger partial charge in [-0.1, -0.05) is 140 Å². The highest BCUT2D eigenvalue weighted by molar-refractivity contribution is 6.09. The summed E-state index contributed by atoms with van der Waals surface area (Å²) in [6.07, 6.45) is 7.20. The van der Waals surface area contributed by atoms with E-state index in [1.807, 2.05) is 37.3 Å². The van der Waals surface area contributed by atoms with Crippen LogP contribution in [0.15, 0.2) is 176 Å². The Bertz CT molecular complexity index is 3110. The van der Waals surface area contributed by atoms with Crippen molar-refractivity contribution in [2.24, 2.45) is 0 Å². The summed E-state index contributed by atoms with van der Waals surface area (Å²) in [5.74, 6) is 2.75. The molecule has 0 aliphatic heterocycles. The van der Waals surface area contributed by atoms with Crippen LogP contribution in [-0.4, -0.2) is 33.5 Å². The Hall–Kier alpha value is -7.38. The first-order valence-corrected chi connectivity index (χ1v) is 19.0. The van der Waals surface area contributed by atoms with Crippen molar-refractivity contribution in [2.75, 3.05) is 0 Å². The van der Waals surface area contributed by atoms with E-state index in [1.165, 1.54) is 0 Å². The van der Waals surface area contributed by atoms with E-state index in [9.17, 15) is 0 Å². The molecular formula is C49H37N7. The zero-order chi connectivity index (χ0) is 37.6. The normalized spacial score (nSPS) is 12.2. The van der Waals surface area contributed by atoms with Crippen molar-refractivity contribution in [3.05, 3.63) is 182 Å². The lowest BCUT2D eigenvalue weighted by atomic mass is 9.98. The van der Waals surface area contributed by atoms with Gasteiger partial charge in [0, 0.05) is 33.5 Å². The van der Waals surface area contributed by atoms with Crippen LogP contribution in [0.3, 0.4) is 0 Å². The molecule has 268 valence electrons. The Morgan fingerprint density at radius 2 is 1.20 bits per heavy atom. The van der Waals surface area contributed by atoms with E-state index in [-0.39, 0.29) is 0 Å². The average molecular weight is 724 g/mol. The summed E-state index contributed by atoms with van der Waals surface area (Å²) in [4.78, 5) is 20.6. The van der Waals surface area contributed by atoms with Gasteiger partial charge in [0.05, 0.1) is 16.6 Å². The van der Waals surface area contributed by atoms with Gasteiger partial charge >= 0.3 is 0 Å². The number of imidazole rings is 2. The second-order valence-corrected chi connectivity index (χ2v) is 13.8. The van der Waals surface area contributed by atoms with Gasteiger partial charge in [0.25, 0.3) is 0 Å². The maximum atomic E-state index is 5.43. The maximum Gasteiger partial charge on any atom is 0.221 e. The van der Waals surface area contributed by atoms with Crippen LogP contribution in [-0.2, 0) is 0 Å². The van der Waals surface area contributed by atoms with E-state index in [2.05, 4.69) is 166 Å². The van der Waals surface area contributed by atoms with Gasteiger partial charge in [-0.25, -0.2) is 19.9 Å². The topological polar surface area (TPSA) is 65.8 Å². The fourth-order valence-corrected chi connectivity index (χ4v) is 7.80. The largest absolute Gasteiger partial charge is 0.294 e. The number of fused-ring (bicyclic) bond motifs is 7. The first-order chi connectivity index (χ1) is 27.7. The molecule has 4 aromatic heterocycles.